The molecule has 0 aromatic heterocycles. The molecule has 1 heterocycles. The maximum absolute atomic E-state index is 11.0. The fraction of sp³-hybridized carbons (Fsp3) is 0.833. The summed E-state index contributed by atoms with van der Waals surface area (Å²) in [7, 11) is 0. The first kappa shape index (κ1) is 8.15. The van der Waals surface area contributed by atoms with Crippen LogP contribution in [-0.2, 0) is 4.79 Å². The molecule has 1 N–H and O–H groups in total. The van der Waals surface area contributed by atoms with Gasteiger partial charge >= 0.3 is 0 Å². The standard InChI is InChI=1S/C6H9Cl2NO/c1-6(8)4(2-7)3-9-5(6)10/h4H,2-3H2,1H3,(H,9,10). The molecule has 1 fully saturated rings. The first-order chi connectivity index (χ1) is 4.59. The molecule has 58 valence electrons. The van der Waals surface area contributed by atoms with Crippen molar-refractivity contribution in [3.8, 4) is 0 Å². The van der Waals surface area contributed by atoms with E-state index in [1.165, 1.54) is 0 Å². The molecule has 0 spiro atoms. The molecule has 0 aliphatic carbocycles. The van der Waals surface area contributed by atoms with Crippen molar-refractivity contribution in [3.63, 3.8) is 0 Å². The van der Waals surface area contributed by atoms with Crippen molar-refractivity contribution >= 4 is 29.1 Å². The molecule has 1 aliphatic heterocycles. The predicted octanol–water partition coefficient (Wildman–Crippen LogP) is 0.969. The van der Waals surface area contributed by atoms with Gasteiger partial charge in [-0.1, -0.05) is 0 Å². The minimum absolute atomic E-state index is 0.0586. The van der Waals surface area contributed by atoms with Crippen LogP contribution in [0.4, 0.5) is 0 Å². The lowest BCUT2D eigenvalue weighted by Gasteiger charge is -2.17. The van der Waals surface area contributed by atoms with E-state index in [0.717, 1.165) is 0 Å². The minimum Gasteiger partial charge on any atom is -0.354 e. The Labute approximate surface area is 69.9 Å². The Morgan fingerprint density at radius 2 is 2.50 bits per heavy atom. The Balaban J connectivity index is 2.73. The van der Waals surface area contributed by atoms with Crippen LogP contribution in [0.1, 0.15) is 6.92 Å². The Morgan fingerprint density at radius 1 is 1.90 bits per heavy atom. The molecule has 1 aliphatic rings. The van der Waals surface area contributed by atoms with Gasteiger partial charge in [-0.25, -0.2) is 0 Å². The third kappa shape index (κ3) is 1.10. The lowest BCUT2D eigenvalue weighted by Crippen LogP contribution is -2.33. The van der Waals surface area contributed by atoms with Crippen LogP contribution in [0.5, 0.6) is 0 Å². The second-order valence-electron chi connectivity index (χ2n) is 2.64. The fourth-order valence-electron chi connectivity index (χ4n) is 0.965. The molecule has 1 saturated heterocycles. The zero-order valence-corrected chi connectivity index (χ0v) is 7.17. The minimum atomic E-state index is -0.790. The molecule has 0 aromatic carbocycles. The van der Waals surface area contributed by atoms with Crippen LogP contribution in [0.2, 0.25) is 0 Å². The molecule has 4 heteroatoms. The van der Waals surface area contributed by atoms with Crippen LogP contribution in [0.15, 0.2) is 0 Å². The lowest BCUT2D eigenvalue weighted by molar-refractivity contribution is -0.121. The van der Waals surface area contributed by atoms with Crippen molar-refractivity contribution in [2.75, 3.05) is 12.4 Å². The Bertz CT molecular complexity index is 158. The number of halogens is 2. The van der Waals surface area contributed by atoms with E-state index in [1.807, 2.05) is 0 Å². The summed E-state index contributed by atoms with van der Waals surface area (Å²) < 4.78 is 0. The zero-order chi connectivity index (χ0) is 7.78. The monoisotopic (exact) mass is 181 g/mol. The van der Waals surface area contributed by atoms with Gasteiger partial charge in [0.15, 0.2) is 0 Å². The van der Waals surface area contributed by atoms with E-state index >= 15 is 0 Å². The number of alkyl halides is 2. The predicted molar refractivity (Wildman–Crippen MR) is 41.5 cm³/mol. The first-order valence-electron chi connectivity index (χ1n) is 3.12. The van der Waals surface area contributed by atoms with E-state index in [0.29, 0.717) is 12.4 Å². The summed E-state index contributed by atoms with van der Waals surface area (Å²) in [6, 6.07) is 0. The van der Waals surface area contributed by atoms with Gasteiger partial charge in [-0.15, -0.1) is 23.2 Å². The molecule has 2 nitrogen and oxygen atoms in total. The summed E-state index contributed by atoms with van der Waals surface area (Å²) in [5.74, 6) is 0.377. The Kier molecular flexibility index (Phi) is 2.11. The average Bonchev–Trinajstić information content (AvgIpc) is 2.10. The highest BCUT2D eigenvalue weighted by atomic mass is 35.5. The third-order valence-electron chi connectivity index (χ3n) is 1.91. The molecule has 1 amide bonds. The van der Waals surface area contributed by atoms with E-state index in [4.69, 9.17) is 23.2 Å². The molecule has 0 saturated carbocycles. The average molecular weight is 182 g/mol. The number of nitrogens with one attached hydrogen (secondary N) is 1. The molecule has 10 heavy (non-hydrogen) atoms. The molecule has 0 radical (unpaired) electrons. The summed E-state index contributed by atoms with van der Waals surface area (Å²) in [5.41, 5.74) is 0. The molecular weight excluding hydrogens is 173 g/mol. The number of hydrogen-bond donors (Lipinski definition) is 1. The van der Waals surface area contributed by atoms with Gasteiger partial charge in [0.1, 0.15) is 4.87 Å². The SMILES string of the molecule is CC1(Cl)C(=O)NCC1CCl. The van der Waals surface area contributed by atoms with Gasteiger partial charge in [0, 0.05) is 18.3 Å². The van der Waals surface area contributed by atoms with E-state index in [9.17, 15) is 4.79 Å². The summed E-state index contributed by atoms with van der Waals surface area (Å²) >= 11 is 11.5. The van der Waals surface area contributed by atoms with Crippen LogP contribution >= 0.6 is 23.2 Å². The van der Waals surface area contributed by atoms with Crippen molar-refractivity contribution < 1.29 is 4.79 Å². The largest absolute Gasteiger partial charge is 0.354 e. The van der Waals surface area contributed by atoms with Crippen LogP contribution in [-0.4, -0.2) is 23.2 Å². The normalized spacial score (nSPS) is 39.9. The second-order valence-corrected chi connectivity index (χ2v) is 3.73. The number of hydrogen-bond acceptors (Lipinski definition) is 1. The maximum Gasteiger partial charge on any atom is 0.241 e. The summed E-state index contributed by atoms with van der Waals surface area (Å²) in [6.45, 7) is 2.30. The van der Waals surface area contributed by atoms with Gasteiger partial charge in [0.2, 0.25) is 5.91 Å². The van der Waals surface area contributed by atoms with Crippen molar-refractivity contribution in [3.05, 3.63) is 0 Å². The number of carbonyl (C=O) groups excluding carboxylic acids is 1. The van der Waals surface area contributed by atoms with E-state index in [1.54, 1.807) is 6.92 Å². The molecule has 0 bridgehead atoms. The van der Waals surface area contributed by atoms with Crippen LogP contribution in [0, 0.1) is 5.92 Å². The number of carbonyl (C=O) groups is 1. The van der Waals surface area contributed by atoms with Gasteiger partial charge in [0.25, 0.3) is 0 Å². The van der Waals surface area contributed by atoms with Crippen molar-refractivity contribution in [2.45, 2.75) is 11.8 Å². The Hall–Kier alpha value is 0.0500. The van der Waals surface area contributed by atoms with Gasteiger partial charge in [0.05, 0.1) is 0 Å². The zero-order valence-electron chi connectivity index (χ0n) is 5.66. The molecule has 2 atom stereocenters. The quantitative estimate of drug-likeness (QED) is 0.601. The van der Waals surface area contributed by atoms with E-state index in [-0.39, 0.29) is 11.8 Å². The highest BCUT2D eigenvalue weighted by molar-refractivity contribution is 6.36. The summed E-state index contributed by atoms with van der Waals surface area (Å²) in [5, 5.41) is 2.66. The summed E-state index contributed by atoms with van der Waals surface area (Å²) in [6.07, 6.45) is 0. The van der Waals surface area contributed by atoms with E-state index in [2.05, 4.69) is 5.32 Å². The van der Waals surface area contributed by atoms with Gasteiger partial charge < -0.3 is 5.32 Å². The van der Waals surface area contributed by atoms with Crippen molar-refractivity contribution in [1.82, 2.24) is 5.32 Å². The number of amides is 1. The van der Waals surface area contributed by atoms with Crippen LogP contribution in [0.25, 0.3) is 0 Å². The van der Waals surface area contributed by atoms with Crippen LogP contribution in [0.3, 0.4) is 0 Å². The molecule has 0 aromatic rings. The third-order valence-corrected chi connectivity index (χ3v) is 2.76. The molecule has 2 unspecified atom stereocenters. The smallest absolute Gasteiger partial charge is 0.241 e. The first-order valence-corrected chi connectivity index (χ1v) is 4.03. The van der Waals surface area contributed by atoms with Gasteiger partial charge in [-0.05, 0) is 6.92 Å². The van der Waals surface area contributed by atoms with Crippen LogP contribution < -0.4 is 5.32 Å². The lowest BCUT2D eigenvalue weighted by atomic mass is 9.99. The highest BCUT2D eigenvalue weighted by Crippen LogP contribution is 2.30. The molecule has 1 rings (SSSR count). The van der Waals surface area contributed by atoms with E-state index < -0.39 is 4.87 Å². The number of rotatable bonds is 1. The van der Waals surface area contributed by atoms with Crippen molar-refractivity contribution in [2.24, 2.45) is 5.92 Å². The van der Waals surface area contributed by atoms with Gasteiger partial charge in [-0.3, -0.25) is 4.79 Å². The summed E-state index contributed by atoms with van der Waals surface area (Å²) in [4.78, 5) is 10.2. The fourth-order valence-corrected chi connectivity index (χ4v) is 1.68. The highest BCUT2D eigenvalue weighted by Gasteiger charge is 2.44. The Morgan fingerprint density at radius 3 is 2.70 bits per heavy atom. The molecular formula is C6H9Cl2NO. The topological polar surface area (TPSA) is 29.1 Å². The van der Waals surface area contributed by atoms with Gasteiger partial charge in [-0.2, -0.15) is 0 Å². The second kappa shape index (κ2) is 2.59. The maximum atomic E-state index is 11.0. The van der Waals surface area contributed by atoms with Crippen molar-refractivity contribution in [1.29, 1.82) is 0 Å².